The zero-order valence-corrected chi connectivity index (χ0v) is 14.3. The first-order chi connectivity index (χ1) is 10.7. The molecule has 0 radical (unpaired) electrons. The van der Waals surface area contributed by atoms with Crippen LogP contribution in [0.25, 0.3) is 0 Å². The molecule has 0 spiro atoms. The van der Waals surface area contributed by atoms with E-state index < -0.39 is 0 Å². The first-order valence-electron chi connectivity index (χ1n) is 8.49. The lowest BCUT2D eigenvalue weighted by Crippen LogP contribution is -2.14. The maximum Gasteiger partial charge on any atom is 0.0230 e. The average molecular weight is 295 g/mol. The van der Waals surface area contributed by atoms with Crippen molar-refractivity contribution in [1.29, 1.82) is 0 Å². The van der Waals surface area contributed by atoms with Crippen molar-refractivity contribution in [2.75, 3.05) is 14.1 Å². The van der Waals surface area contributed by atoms with E-state index in [-0.39, 0.29) is 0 Å². The van der Waals surface area contributed by atoms with Crippen molar-refractivity contribution in [1.82, 2.24) is 4.90 Å². The lowest BCUT2D eigenvalue weighted by Gasteiger charge is -2.23. The van der Waals surface area contributed by atoms with Crippen molar-refractivity contribution in [2.45, 2.75) is 45.1 Å². The summed E-state index contributed by atoms with van der Waals surface area (Å²) in [6.45, 7) is 3.28. The molecule has 0 aliphatic heterocycles. The average Bonchev–Trinajstić information content (AvgIpc) is 2.53. The first kappa shape index (κ1) is 16.8. The summed E-state index contributed by atoms with van der Waals surface area (Å²) in [5.41, 5.74) is 4.40. The van der Waals surface area contributed by atoms with E-state index in [1.807, 2.05) is 0 Å². The number of hydrogen-bond acceptors (Lipinski definition) is 1. The highest BCUT2D eigenvalue weighted by atomic mass is 15.0. The van der Waals surface area contributed by atoms with Crippen LogP contribution in [0.15, 0.2) is 54.6 Å². The van der Waals surface area contributed by atoms with Crippen molar-refractivity contribution in [3.8, 4) is 0 Å². The maximum absolute atomic E-state index is 2.32. The van der Waals surface area contributed by atoms with Gasteiger partial charge in [0.05, 0.1) is 0 Å². The highest BCUT2D eigenvalue weighted by Crippen LogP contribution is 2.32. The van der Waals surface area contributed by atoms with Gasteiger partial charge in [0.25, 0.3) is 0 Å². The van der Waals surface area contributed by atoms with Gasteiger partial charge in [-0.1, -0.05) is 80.8 Å². The Hall–Kier alpha value is -1.60. The summed E-state index contributed by atoms with van der Waals surface area (Å²) in [6, 6.07) is 20.0. The van der Waals surface area contributed by atoms with Crippen LogP contribution in [0, 0.1) is 0 Å². The van der Waals surface area contributed by atoms with E-state index in [0.29, 0.717) is 5.92 Å². The van der Waals surface area contributed by atoms with E-state index in [9.17, 15) is 0 Å². The second-order valence-electron chi connectivity index (χ2n) is 6.40. The summed E-state index contributed by atoms with van der Waals surface area (Å²) in [4.78, 5) is 2.26. The van der Waals surface area contributed by atoms with Gasteiger partial charge in [0, 0.05) is 12.5 Å². The fourth-order valence-electron chi connectivity index (χ4n) is 3.14. The van der Waals surface area contributed by atoms with Crippen LogP contribution in [-0.4, -0.2) is 19.0 Å². The fourth-order valence-corrected chi connectivity index (χ4v) is 3.14. The van der Waals surface area contributed by atoms with Crippen molar-refractivity contribution >= 4 is 0 Å². The Kier molecular flexibility index (Phi) is 6.67. The Morgan fingerprint density at radius 3 is 2.23 bits per heavy atom. The van der Waals surface area contributed by atoms with E-state index >= 15 is 0 Å². The van der Waals surface area contributed by atoms with Crippen molar-refractivity contribution < 1.29 is 0 Å². The maximum atomic E-state index is 2.32. The molecule has 1 nitrogen and oxygen atoms in total. The van der Waals surface area contributed by atoms with Crippen LogP contribution in [0.3, 0.4) is 0 Å². The standard InChI is InChI=1S/C21H29N/c1-4-5-7-15-20(18-12-8-6-9-13-18)21-16-11-10-14-19(21)17-22(2)3/h6,8-14,16,20H,4-5,7,15,17H2,1-3H3. The summed E-state index contributed by atoms with van der Waals surface area (Å²) in [5, 5.41) is 0. The second kappa shape index (κ2) is 8.75. The smallest absolute Gasteiger partial charge is 0.0230 e. The van der Waals surface area contributed by atoms with Gasteiger partial charge < -0.3 is 4.90 Å². The Bertz CT molecular complexity index is 545. The van der Waals surface area contributed by atoms with Crippen molar-refractivity contribution in [3.05, 3.63) is 71.3 Å². The molecule has 0 bridgehead atoms. The Morgan fingerprint density at radius 2 is 1.55 bits per heavy atom. The first-order valence-corrected chi connectivity index (χ1v) is 8.49. The second-order valence-corrected chi connectivity index (χ2v) is 6.40. The monoisotopic (exact) mass is 295 g/mol. The molecular formula is C21H29N. The Balaban J connectivity index is 2.32. The van der Waals surface area contributed by atoms with Crippen LogP contribution in [0.2, 0.25) is 0 Å². The number of rotatable bonds is 8. The number of hydrogen-bond donors (Lipinski definition) is 0. The largest absolute Gasteiger partial charge is 0.305 e. The number of benzene rings is 2. The van der Waals surface area contributed by atoms with Crippen LogP contribution >= 0.6 is 0 Å². The summed E-state index contributed by atoms with van der Waals surface area (Å²) in [7, 11) is 4.29. The highest BCUT2D eigenvalue weighted by Gasteiger charge is 2.17. The predicted octanol–water partition coefficient (Wildman–Crippen LogP) is 5.46. The molecule has 2 aromatic rings. The molecule has 1 atom stereocenters. The molecule has 1 unspecified atom stereocenters. The molecule has 118 valence electrons. The van der Waals surface area contributed by atoms with Crippen molar-refractivity contribution in [3.63, 3.8) is 0 Å². The zero-order valence-electron chi connectivity index (χ0n) is 14.3. The molecule has 0 saturated carbocycles. The lowest BCUT2D eigenvalue weighted by molar-refractivity contribution is 0.399. The quantitative estimate of drug-likeness (QED) is 0.584. The van der Waals surface area contributed by atoms with Crippen molar-refractivity contribution in [2.24, 2.45) is 0 Å². The van der Waals surface area contributed by atoms with E-state index in [2.05, 4.69) is 80.5 Å². The molecule has 0 aliphatic rings. The van der Waals surface area contributed by atoms with Gasteiger partial charge >= 0.3 is 0 Å². The molecule has 22 heavy (non-hydrogen) atoms. The molecule has 0 amide bonds. The number of unbranched alkanes of at least 4 members (excludes halogenated alkanes) is 2. The van der Waals surface area contributed by atoms with Gasteiger partial charge in [-0.2, -0.15) is 0 Å². The van der Waals surface area contributed by atoms with Gasteiger partial charge in [0.2, 0.25) is 0 Å². The zero-order chi connectivity index (χ0) is 15.8. The lowest BCUT2D eigenvalue weighted by atomic mass is 9.84. The summed E-state index contributed by atoms with van der Waals surface area (Å²) >= 11 is 0. The van der Waals surface area contributed by atoms with Gasteiger partial charge in [-0.3, -0.25) is 0 Å². The minimum absolute atomic E-state index is 0.518. The van der Waals surface area contributed by atoms with Gasteiger partial charge in [0.1, 0.15) is 0 Å². The number of nitrogens with zero attached hydrogens (tertiary/aromatic N) is 1. The van der Waals surface area contributed by atoms with Crippen LogP contribution in [-0.2, 0) is 6.54 Å². The van der Waals surface area contributed by atoms with Crippen LogP contribution < -0.4 is 0 Å². The molecular weight excluding hydrogens is 266 g/mol. The Labute approximate surface area is 136 Å². The van der Waals surface area contributed by atoms with Crippen LogP contribution in [0.5, 0.6) is 0 Å². The minimum atomic E-state index is 0.518. The third kappa shape index (κ3) is 4.71. The molecule has 2 rings (SSSR count). The van der Waals surface area contributed by atoms with Crippen LogP contribution in [0.1, 0.15) is 55.2 Å². The predicted molar refractivity (Wildman–Crippen MR) is 96.3 cm³/mol. The molecule has 2 aromatic carbocycles. The van der Waals surface area contributed by atoms with Gasteiger partial charge in [-0.15, -0.1) is 0 Å². The molecule has 0 aliphatic carbocycles. The van der Waals surface area contributed by atoms with E-state index in [1.165, 1.54) is 42.4 Å². The topological polar surface area (TPSA) is 3.24 Å². The van der Waals surface area contributed by atoms with Gasteiger partial charge in [-0.25, -0.2) is 0 Å². The van der Waals surface area contributed by atoms with E-state index in [1.54, 1.807) is 0 Å². The highest BCUT2D eigenvalue weighted by molar-refractivity contribution is 5.38. The Morgan fingerprint density at radius 1 is 0.864 bits per heavy atom. The summed E-state index contributed by atoms with van der Waals surface area (Å²) < 4.78 is 0. The van der Waals surface area contributed by atoms with E-state index in [0.717, 1.165) is 6.54 Å². The van der Waals surface area contributed by atoms with Gasteiger partial charge in [-0.05, 0) is 37.2 Å². The summed E-state index contributed by atoms with van der Waals surface area (Å²) in [6.07, 6.45) is 5.13. The molecule has 0 heterocycles. The fraction of sp³-hybridized carbons (Fsp3) is 0.429. The van der Waals surface area contributed by atoms with Gasteiger partial charge in [0.15, 0.2) is 0 Å². The molecule has 0 fully saturated rings. The van der Waals surface area contributed by atoms with E-state index in [4.69, 9.17) is 0 Å². The normalized spacial score (nSPS) is 12.5. The molecule has 0 N–H and O–H groups in total. The minimum Gasteiger partial charge on any atom is -0.305 e. The summed E-state index contributed by atoms with van der Waals surface area (Å²) in [5.74, 6) is 0.518. The molecule has 0 saturated heterocycles. The third-order valence-electron chi connectivity index (χ3n) is 4.22. The van der Waals surface area contributed by atoms with Crippen LogP contribution in [0.4, 0.5) is 0 Å². The molecule has 0 aromatic heterocycles. The molecule has 1 heteroatoms. The third-order valence-corrected chi connectivity index (χ3v) is 4.22. The SMILES string of the molecule is CCCCCC(c1ccccc1)c1ccccc1CN(C)C.